The fourth-order valence-corrected chi connectivity index (χ4v) is 3.94. The average molecular weight is 449 g/mol. The van der Waals surface area contributed by atoms with Gasteiger partial charge in [0, 0.05) is 18.0 Å². The molecule has 0 aliphatic carbocycles. The Hall–Kier alpha value is -4.97. The second-order valence-electron chi connectivity index (χ2n) is 7.63. The lowest BCUT2D eigenvalue weighted by Gasteiger charge is -2.20. The molecule has 3 N–H and O–H groups in total. The number of carbonyl (C=O) groups excluding carboxylic acids is 1. The van der Waals surface area contributed by atoms with E-state index < -0.39 is 11.9 Å². The number of nitrogen functional groups attached to an aromatic ring is 1. The molecular weight excluding hydrogens is 430 g/mol. The largest absolute Gasteiger partial charge is 0.381 e. The van der Waals surface area contributed by atoms with Gasteiger partial charge in [0.1, 0.15) is 11.4 Å². The maximum absolute atomic E-state index is 13.6. The Kier molecular flexibility index (Phi) is 5.03. The van der Waals surface area contributed by atoms with Crippen LogP contribution in [0.15, 0.2) is 71.8 Å². The molecule has 0 spiro atoms. The number of anilines is 1. The maximum Gasteiger partial charge on any atom is 0.267 e. The second kappa shape index (κ2) is 8.18. The summed E-state index contributed by atoms with van der Waals surface area (Å²) in [4.78, 5) is 35.8. The number of hydrogen-bond donors (Lipinski definition) is 2. The number of aromatic nitrogens is 5. The van der Waals surface area contributed by atoms with Gasteiger partial charge in [0.05, 0.1) is 22.6 Å². The molecule has 1 unspecified atom stereocenters. The van der Waals surface area contributed by atoms with Gasteiger partial charge in [-0.2, -0.15) is 0 Å². The first-order chi connectivity index (χ1) is 16.5. The molecule has 34 heavy (non-hydrogen) atoms. The fraction of sp³-hybridized carbons (Fsp3) is 0.0800. The van der Waals surface area contributed by atoms with Crippen LogP contribution in [0.3, 0.4) is 0 Å². The summed E-state index contributed by atoms with van der Waals surface area (Å²) in [6, 6.07) is 15.2. The molecule has 5 rings (SSSR count). The predicted octanol–water partition coefficient (Wildman–Crippen LogP) is 2.48. The summed E-state index contributed by atoms with van der Waals surface area (Å²) in [6.07, 6.45) is 8.85. The number of hydrogen-bond acceptors (Lipinski definition) is 6. The molecule has 9 heteroatoms. The van der Waals surface area contributed by atoms with Gasteiger partial charge in [-0.05, 0) is 37.3 Å². The Labute approximate surface area is 193 Å². The van der Waals surface area contributed by atoms with Gasteiger partial charge in [-0.3, -0.25) is 14.2 Å². The molecule has 5 aromatic rings. The zero-order valence-electron chi connectivity index (χ0n) is 18.1. The summed E-state index contributed by atoms with van der Waals surface area (Å²) < 4.78 is 2.90. The molecule has 3 aromatic heterocycles. The Morgan fingerprint density at radius 1 is 1.15 bits per heavy atom. The van der Waals surface area contributed by atoms with Crippen LogP contribution in [0.2, 0.25) is 0 Å². The highest BCUT2D eigenvalue weighted by Gasteiger charge is 2.24. The van der Waals surface area contributed by atoms with Crippen molar-refractivity contribution in [1.29, 1.82) is 0 Å². The van der Waals surface area contributed by atoms with Crippen LogP contribution in [0.25, 0.3) is 22.2 Å². The number of para-hydroxylation sites is 1. The summed E-state index contributed by atoms with van der Waals surface area (Å²) in [5.41, 5.74) is 7.65. The van der Waals surface area contributed by atoms with E-state index in [1.807, 2.05) is 18.2 Å². The zero-order chi connectivity index (χ0) is 23.8. The molecule has 0 saturated carbocycles. The smallest absolute Gasteiger partial charge is 0.267 e. The first-order valence-electron chi connectivity index (χ1n) is 10.5. The van der Waals surface area contributed by atoms with E-state index in [9.17, 15) is 9.59 Å². The minimum Gasteiger partial charge on any atom is -0.381 e. The SMILES string of the molecule is C#Cc1cccc2nc(C(C)NC(=O)c3c(N)nn4cccnc34)n(-c3ccccc3)c(=O)c12. The summed E-state index contributed by atoms with van der Waals surface area (Å²) >= 11 is 0. The van der Waals surface area contributed by atoms with E-state index in [1.54, 1.807) is 55.7 Å². The fourth-order valence-electron chi connectivity index (χ4n) is 3.94. The second-order valence-corrected chi connectivity index (χ2v) is 7.63. The van der Waals surface area contributed by atoms with Crippen LogP contribution in [0, 0.1) is 12.3 Å². The van der Waals surface area contributed by atoms with Crippen molar-refractivity contribution in [3.8, 4) is 18.0 Å². The Morgan fingerprint density at radius 3 is 2.71 bits per heavy atom. The molecule has 0 radical (unpaired) electrons. The van der Waals surface area contributed by atoms with Crippen molar-refractivity contribution in [1.82, 2.24) is 29.5 Å². The number of terminal acetylenes is 1. The molecule has 0 fully saturated rings. The van der Waals surface area contributed by atoms with Gasteiger partial charge in [0.25, 0.3) is 11.5 Å². The summed E-state index contributed by atoms with van der Waals surface area (Å²) in [5, 5.41) is 7.36. The standard InChI is InChI=1S/C25H19N7O2/c1-3-16-9-7-12-18-19(16)25(34)32(17-10-5-4-6-11-17)22(29-18)15(2)28-24(33)20-21(26)30-31-14-8-13-27-23(20)31/h1,4-15H,2H3,(H2,26,30)(H,28,33). The third-order valence-corrected chi connectivity index (χ3v) is 5.48. The minimum atomic E-state index is -0.669. The van der Waals surface area contributed by atoms with Crippen molar-refractivity contribution >= 4 is 28.3 Å². The van der Waals surface area contributed by atoms with E-state index in [4.69, 9.17) is 17.1 Å². The van der Waals surface area contributed by atoms with E-state index in [0.29, 0.717) is 33.6 Å². The lowest BCUT2D eigenvalue weighted by atomic mass is 10.1. The highest BCUT2D eigenvalue weighted by atomic mass is 16.2. The molecule has 0 aliphatic heterocycles. The average Bonchev–Trinajstić information content (AvgIpc) is 3.19. The summed E-state index contributed by atoms with van der Waals surface area (Å²) in [6.45, 7) is 1.74. The van der Waals surface area contributed by atoms with E-state index in [2.05, 4.69) is 21.3 Å². The normalized spacial score (nSPS) is 11.9. The van der Waals surface area contributed by atoms with Gasteiger partial charge in [-0.15, -0.1) is 11.5 Å². The third kappa shape index (κ3) is 3.34. The van der Waals surface area contributed by atoms with E-state index in [-0.39, 0.29) is 16.9 Å². The van der Waals surface area contributed by atoms with Crippen LogP contribution in [0.1, 0.15) is 34.7 Å². The molecule has 1 amide bonds. The molecule has 9 nitrogen and oxygen atoms in total. The van der Waals surface area contributed by atoms with Gasteiger partial charge in [-0.25, -0.2) is 14.5 Å². The van der Waals surface area contributed by atoms with Crippen molar-refractivity contribution in [2.75, 3.05) is 5.73 Å². The minimum absolute atomic E-state index is 0.0500. The first kappa shape index (κ1) is 20.9. The molecule has 0 aliphatic rings. The van der Waals surface area contributed by atoms with Crippen molar-refractivity contribution in [3.05, 3.63) is 94.3 Å². The van der Waals surface area contributed by atoms with Crippen molar-refractivity contribution in [2.24, 2.45) is 0 Å². The van der Waals surface area contributed by atoms with Crippen molar-refractivity contribution < 1.29 is 4.79 Å². The molecular formula is C25H19N7O2. The number of rotatable bonds is 4. The van der Waals surface area contributed by atoms with Crippen LogP contribution in [0.4, 0.5) is 5.82 Å². The van der Waals surface area contributed by atoms with Crippen molar-refractivity contribution in [3.63, 3.8) is 0 Å². The Bertz CT molecular complexity index is 1660. The molecule has 166 valence electrons. The van der Waals surface area contributed by atoms with E-state index in [1.165, 1.54) is 9.08 Å². The number of fused-ring (bicyclic) bond motifs is 2. The molecule has 0 bridgehead atoms. The highest BCUT2D eigenvalue weighted by Crippen LogP contribution is 2.22. The monoisotopic (exact) mass is 449 g/mol. The Balaban J connectivity index is 1.65. The topological polar surface area (TPSA) is 120 Å². The zero-order valence-corrected chi connectivity index (χ0v) is 18.1. The quantitative estimate of drug-likeness (QED) is 0.407. The van der Waals surface area contributed by atoms with Gasteiger partial charge < -0.3 is 11.1 Å². The van der Waals surface area contributed by atoms with Gasteiger partial charge >= 0.3 is 0 Å². The molecule has 0 saturated heterocycles. The lowest BCUT2D eigenvalue weighted by Crippen LogP contribution is -2.33. The van der Waals surface area contributed by atoms with Gasteiger partial charge in [0.15, 0.2) is 11.5 Å². The van der Waals surface area contributed by atoms with E-state index >= 15 is 0 Å². The van der Waals surface area contributed by atoms with Crippen LogP contribution < -0.4 is 16.6 Å². The van der Waals surface area contributed by atoms with Crippen LogP contribution in [-0.4, -0.2) is 30.1 Å². The Morgan fingerprint density at radius 2 is 1.94 bits per heavy atom. The lowest BCUT2D eigenvalue weighted by molar-refractivity contribution is 0.0940. The predicted molar refractivity (Wildman–Crippen MR) is 129 cm³/mol. The van der Waals surface area contributed by atoms with Crippen LogP contribution >= 0.6 is 0 Å². The number of amides is 1. The van der Waals surface area contributed by atoms with Gasteiger partial charge in [0.2, 0.25) is 0 Å². The van der Waals surface area contributed by atoms with E-state index in [0.717, 1.165) is 0 Å². The molecule has 3 heterocycles. The first-order valence-corrected chi connectivity index (χ1v) is 10.5. The number of benzene rings is 2. The summed E-state index contributed by atoms with van der Waals surface area (Å²) in [5.74, 6) is 2.47. The molecule has 2 aromatic carbocycles. The highest BCUT2D eigenvalue weighted by molar-refractivity contribution is 6.04. The van der Waals surface area contributed by atoms with Crippen LogP contribution in [0.5, 0.6) is 0 Å². The summed E-state index contributed by atoms with van der Waals surface area (Å²) in [7, 11) is 0. The van der Waals surface area contributed by atoms with Crippen molar-refractivity contribution in [2.45, 2.75) is 13.0 Å². The maximum atomic E-state index is 13.6. The van der Waals surface area contributed by atoms with Gasteiger partial charge in [-0.1, -0.05) is 30.2 Å². The number of nitrogens with one attached hydrogen (secondary N) is 1. The number of carbonyl (C=O) groups is 1. The van der Waals surface area contributed by atoms with Crippen LogP contribution in [-0.2, 0) is 0 Å². The third-order valence-electron chi connectivity index (χ3n) is 5.48. The number of nitrogens with two attached hydrogens (primary N) is 1. The number of nitrogens with zero attached hydrogens (tertiary/aromatic N) is 5. The molecule has 1 atom stereocenters.